The lowest BCUT2D eigenvalue weighted by atomic mass is 10.2. The molecule has 0 fully saturated rings. The zero-order valence-corrected chi connectivity index (χ0v) is 8.98. The summed E-state index contributed by atoms with van der Waals surface area (Å²) in [6, 6.07) is 9.03. The van der Waals surface area contributed by atoms with Crippen LogP contribution in [0.15, 0.2) is 43.0 Å². The molecule has 80 valence electrons. The Kier molecular flexibility index (Phi) is 4.61. The molecule has 0 saturated heterocycles. The minimum atomic E-state index is -0.260. The monoisotopic (exact) mass is 204 g/mol. The third kappa shape index (κ3) is 3.58. The van der Waals surface area contributed by atoms with E-state index in [4.69, 9.17) is 4.74 Å². The second-order valence-corrected chi connectivity index (χ2v) is 3.33. The smallest absolute Gasteiger partial charge is 0.338 e. The molecule has 0 bridgehead atoms. The highest BCUT2D eigenvalue weighted by Gasteiger charge is 2.12. The molecule has 0 spiro atoms. The van der Waals surface area contributed by atoms with Crippen LogP contribution in [0.1, 0.15) is 30.1 Å². The van der Waals surface area contributed by atoms with Crippen molar-refractivity contribution in [1.82, 2.24) is 0 Å². The first kappa shape index (κ1) is 11.5. The Hall–Kier alpha value is -1.57. The maximum absolute atomic E-state index is 11.6. The van der Waals surface area contributed by atoms with Gasteiger partial charge in [0, 0.05) is 6.42 Å². The lowest BCUT2D eigenvalue weighted by Crippen LogP contribution is -2.16. The van der Waals surface area contributed by atoms with E-state index in [1.54, 1.807) is 18.2 Å². The summed E-state index contributed by atoms with van der Waals surface area (Å²) in [5.41, 5.74) is 0.597. The number of ether oxygens (including phenoxy) is 1. The van der Waals surface area contributed by atoms with Crippen LogP contribution in [0.5, 0.6) is 0 Å². The van der Waals surface area contributed by atoms with Crippen molar-refractivity contribution in [1.29, 1.82) is 0 Å². The van der Waals surface area contributed by atoms with Gasteiger partial charge in [-0.15, -0.1) is 6.58 Å². The quantitative estimate of drug-likeness (QED) is 0.544. The minimum Gasteiger partial charge on any atom is -0.458 e. The van der Waals surface area contributed by atoms with Gasteiger partial charge in [0.1, 0.15) is 6.10 Å². The molecule has 0 aliphatic heterocycles. The molecule has 2 nitrogen and oxygen atoms in total. The molecule has 0 unspecified atom stereocenters. The summed E-state index contributed by atoms with van der Waals surface area (Å²) in [6.45, 7) is 5.63. The molecule has 1 rings (SSSR count). The van der Waals surface area contributed by atoms with Crippen molar-refractivity contribution in [3.8, 4) is 0 Å². The predicted molar refractivity (Wildman–Crippen MR) is 60.8 cm³/mol. The first-order valence-corrected chi connectivity index (χ1v) is 5.14. The molecule has 0 heterocycles. The van der Waals surface area contributed by atoms with E-state index in [0.717, 1.165) is 6.42 Å². The number of hydrogen-bond acceptors (Lipinski definition) is 2. The second kappa shape index (κ2) is 6.02. The van der Waals surface area contributed by atoms with Gasteiger partial charge in [0.05, 0.1) is 5.56 Å². The highest BCUT2D eigenvalue weighted by molar-refractivity contribution is 5.89. The normalized spacial score (nSPS) is 11.8. The maximum atomic E-state index is 11.6. The number of benzene rings is 1. The zero-order chi connectivity index (χ0) is 11.1. The topological polar surface area (TPSA) is 26.3 Å². The number of rotatable bonds is 5. The molecule has 1 atom stereocenters. The summed E-state index contributed by atoms with van der Waals surface area (Å²) in [5, 5.41) is 0. The minimum absolute atomic E-state index is 0.0600. The summed E-state index contributed by atoms with van der Waals surface area (Å²) in [4.78, 5) is 11.6. The standard InChI is InChI=1S/C13H16O2/c1-3-8-12(4-2)15-13(14)11-9-6-5-7-10-11/h3,5-7,9-10,12H,1,4,8H2,2H3/t12-/m1/s1. The van der Waals surface area contributed by atoms with Crippen LogP contribution in [0.25, 0.3) is 0 Å². The van der Waals surface area contributed by atoms with Gasteiger partial charge in [-0.1, -0.05) is 31.2 Å². The molecule has 2 heteroatoms. The van der Waals surface area contributed by atoms with Crippen molar-refractivity contribution in [2.45, 2.75) is 25.9 Å². The number of carbonyl (C=O) groups is 1. The van der Waals surface area contributed by atoms with Gasteiger partial charge in [-0.25, -0.2) is 4.79 Å². The SMILES string of the molecule is C=CC[C@@H](CC)OC(=O)c1ccccc1. The summed E-state index contributed by atoms with van der Waals surface area (Å²) in [5.74, 6) is -0.260. The van der Waals surface area contributed by atoms with Crippen molar-refractivity contribution in [2.24, 2.45) is 0 Å². The highest BCUT2D eigenvalue weighted by Crippen LogP contribution is 2.09. The van der Waals surface area contributed by atoms with Crippen LogP contribution in [-0.4, -0.2) is 12.1 Å². The van der Waals surface area contributed by atoms with E-state index < -0.39 is 0 Å². The molecule has 15 heavy (non-hydrogen) atoms. The molecular formula is C13H16O2. The van der Waals surface area contributed by atoms with Crippen LogP contribution in [0, 0.1) is 0 Å². The fourth-order valence-electron chi connectivity index (χ4n) is 1.28. The Bertz CT molecular complexity index is 317. The fraction of sp³-hybridized carbons (Fsp3) is 0.308. The van der Waals surface area contributed by atoms with Crippen LogP contribution in [-0.2, 0) is 4.74 Å². The Morgan fingerprint density at radius 3 is 2.67 bits per heavy atom. The number of carbonyl (C=O) groups excluding carboxylic acids is 1. The predicted octanol–water partition coefficient (Wildman–Crippen LogP) is 3.20. The summed E-state index contributed by atoms with van der Waals surface area (Å²) in [7, 11) is 0. The van der Waals surface area contributed by atoms with Crippen molar-refractivity contribution in [3.05, 3.63) is 48.6 Å². The van der Waals surface area contributed by atoms with Crippen LogP contribution in [0.3, 0.4) is 0 Å². The Morgan fingerprint density at radius 1 is 1.47 bits per heavy atom. The van der Waals surface area contributed by atoms with E-state index >= 15 is 0 Å². The van der Waals surface area contributed by atoms with Crippen molar-refractivity contribution >= 4 is 5.97 Å². The van der Waals surface area contributed by atoms with E-state index in [0.29, 0.717) is 12.0 Å². The number of esters is 1. The summed E-state index contributed by atoms with van der Waals surface area (Å²) >= 11 is 0. The van der Waals surface area contributed by atoms with Crippen molar-refractivity contribution < 1.29 is 9.53 Å². The molecule has 0 amide bonds. The van der Waals surface area contributed by atoms with Gasteiger partial charge in [-0.3, -0.25) is 0 Å². The van der Waals surface area contributed by atoms with Gasteiger partial charge in [-0.05, 0) is 18.6 Å². The van der Waals surface area contributed by atoms with E-state index in [9.17, 15) is 4.79 Å². The molecule has 1 aromatic carbocycles. The molecular weight excluding hydrogens is 188 g/mol. The van der Waals surface area contributed by atoms with E-state index in [2.05, 4.69) is 6.58 Å². The third-order valence-electron chi connectivity index (χ3n) is 2.17. The first-order valence-electron chi connectivity index (χ1n) is 5.14. The van der Waals surface area contributed by atoms with Gasteiger partial charge >= 0.3 is 5.97 Å². The average molecular weight is 204 g/mol. The summed E-state index contributed by atoms with van der Waals surface area (Å²) in [6.07, 6.45) is 3.22. The molecule has 1 aromatic rings. The second-order valence-electron chi connectivity index (χ2n) is 3.33. The molecule has 0 radical (unpaired) electrons. The lowest BCUT2D eigenvalue weighted by molar-refractivity contribution is 0.0300. The number of hydrogen-bond donors (Lipinski definition) is 0. The average Bonchev–Trinajstić information content (AvgIpc) is 2.29. The largest absolute Gasteiger partial charge is 0.458 e. The molecule has 0 saturated carbocycles. The lowest BCUT2D eigenvalue weighted by Gasteiger charge is -2.13. The first-order chi connectivity index (χ1) is 7.27. The Labute approximate surface area is 90.6 Å². The Balaban J connectivity index is 2.58. The van der Waals surface area contributed by atoms with Gasteiger partial charge < -0.3 is 4.74 Å². The van der Waals surface area contributed by atoms with E-state index in [-0.39, 0.29) is 12.1 Å². The van der Waals surface area contributed by atoms with Crippen molar-refractivity contribution in [3.63, 3.8) is 0 Å². The molecule has 0 aliphatic rings. The Morgan fingerprint density at radius 2 is 2.13 bits per heavy atom. The molecule has 0 N–H and O–H groups in total. The fourth-order valence-corrected chi connectivity index (χ4v) is 1.28. The van der Waals surface area contributed by atoms with Gasteiger partial charge in [0.25, 0.3) is 0 Å². The highest BCUT2D eigenvalue weighted by atomic mass is 16.5. The van der Waals surface area contributed by atoms with Gasteiger partial charge in [0.2, 0.25) is 0 Å². The van der Waals surface area contributed by atoms with Gasteiger partial charge in [-0.2, -0.15) is 0 Å². The third-order valence-corrected chi connectivity index (χ3v) is 2.17. The van der Waals surface area contributed by atoms with E-state index in [1.165, 1.54) is 0 Å². The van der Waals surface area contributed by atoms with Crippen LogP contribution in [0.2, 0.25) is 0 Å². The van der Waals surface area contributed by atoms with Crippen LogP contribution in [0.4, 0.5) is 0 Å². The zero-order valence-electron chi connectivity index (χ0n) is 8.98. The molecule has 0 aliphatic carbocycles. The van der Waals surface area contributed by atoms with Crippen LogP contribution >= 0.6 is 0 Å². The van der Waals surface area contributed by atoms with E-state index in [1.807, 2.05) is 25.1 Å². The summed E-state index contributed by atoms with van der Waals surface area (Å²) < 4.78 is 5.32. The maximum Gasteiger partial charge on any atom is 0.338 e. The molecule has 0 aromatic heterocycles. The van der Waals surface area contributed by atoms with Crippen molar-refractivity contribution in [2.75, 3.05) is 0 Å². The van der Waals surface area contributed by atoms with Crippen LogP contribution < -0.4 is 0 Å². The van der Waals surface area contributed by atoms with Gasteiger partial charge in [0.15, 0.2) is 0 Å².